The summed E-state index contributed by atoms with van der Waals surface area (Å²) in [5.41, 5.74) is 5.68. The van der Waals surface area contributed by atoms with Crippen LogP contribution in [0.25, 0.3) is 0 Å². The fourth-order valence-electron chi connectivity index (χ4n) is 2.82. The minimum atomic E-state index is -0.753. The summed E-state index contributed by atoms with van der Waals surface area (Å²) in [6.45, 7) is 4.76. The highest BCUT2D eigenvalue weighted by molar-refractivity contribution is 5.77. The molecule has 0 bridgehead atoms. The van der Waals surface area contributed by atoms with Gasteiger partial charge in [0, 0.05) is 12.5 Å². The highest BCUT2D eigenvalue weighted by Crippen LogP contribution is 2.26. The first kappa shape index (κ1) is 16.0. The second kappa shape index (κ2) is 7.48. The Bertz CT molecular complexity index is 318. The lowest BCUT2D eigenvalue weighted by molar-refractivity contribution is -0.141. The van der Waals surface area contributed by atoms with E-state index < -0.39 is 5.97 Å². The molecule has 0 spiro atoms. The van der Waals surface area contributed by atoms with Crippen LogP contribution in [-0.2, 0) is 9.59 Å². The Balaban J connectivity index is 2.33. The van der Waals surface area contributed by atoms with Crippen molar-refractivity contribution in [2.24, 2.45) is 23.5 Å². The van der Waals surface area contributed by atoms with Crippen LogP contribution >= 0.6 is 0 Å². The molecule has 5 nitrogen and oxygen atoms in total. The molecule has 0 unspecified atom stereocenters. The van der Waals surface area contributed by atoms with Crippen LogP contribution in [-0.4, -0.2) is 29.6 Å². The smallest absolute Gasteiger partial charge is 0.306 e. The van der Waals surface area contributed by atoms with Gasteiger partial charge in [0.2, 0.25) is 5.91 Å². The van der Waals surface area contributed by atoms with E-state index in [4.69, 9.17) is 10.8 Å². The van der Waals surface area contributed by atoms with Crippen LogP contribution in [0.15, 0.2) is 0 Å². The minimum Gasteiger partial charge on any atom is -0.481 e. The number of nitrogens with two attached hydrogens (primary N) is 1. The maximum absolute atomic E-state index is 11.9. The molecule has 1 fully saturated rings. The maximum atomic E-state index is 11.9. The molecule has 110 valence electrons. The van der Waals surface area contributed by atoms with E-state index in [0.29, 0.717) is 31.7 Å². The van der Waals surface area contributed by atoms with E-state index in [1.807, 2.05) is 0 Å². The van der Waals surface area contributed by atoms with Crippen LogP contribution in [0.3, 0.4) is 0 Å². The first-order chi connectivity index (χ1) is 8.92. The zero-order valence-electron chi connectivity index (χ0n) is 11.9. The van der Waals surface area contributed by atoms with Crippen LogP contribution in [0.1, 0.15) is 46.0 Å². The van der Waals surface area contributed by atoms with Crippen molar-refractivity contribution in [3.8, 4) is 0 Å². The normalized spacial score (nSPS) is 24.4. The molecule has 0 aromatic carbocycles. The van der Waals surface area contributed by atoms with Gasteiger partial charge in [-0.15, -0.1) is 0 Å². The van der Waals surface area contributed by atoms with Gasteiger partial charge in [0.1, 0.15) is 0 Å². The summed E-state index contributed by atoms with van der Waals surface area (Å²) in [4.78, 5) is 22.8. The van der Waals surface area contributed by atoms with Gasteiger partial charge in [0.15, 0.2) is 0 Å². The summed E-state index contributed by atoms with van der Waals surface area (Å²) in [7, 11) is 0. The SMILES string of the molecule is CC(C)C[C@H](CN)CC(=O)N[C@H]1CC[C@@H](C(=O)O)C1. The van der Waals surface area contributed by atoms with Gasteiger partial charge < -0.3 is 16.2 Å². The number of carboxylic acid groups (broad SMARTS) is 1. The number of carbonyl (C=O) groups is 2. The zero-order valence-corrected chi connectivity index (χ0v) is 11.9. The Morgan fingerprint density at radius 3 is 2.53 bits per heavy atom. The number of rotatable bonds is 7. The third-order valence-electron chi connectivity index (χ3n) is 3.76. The van der Waals surface area contributed by atoms with Crippen molar-refractivity contribution in [3.05, 3.63) is 0 Å². The van der Waals surface area contributed by atoms with Gasteiger partial charge in [0.25, 0.3) is 0 Å². The standard InChI is InChI=1S/C14H26N2O3/c1-9(2)5-10(8-15)6-13(17)16-12-4-3-11(7-12)14(18)19/h9-12H,3-8,15H2,1-2H3,(H,16,17)(H,18,19)/t10-,11+,12-/m0/s1. The Hall–Kier alpha value is -1.10. The molecule has 1 aliphatic rings. The van der Waals surface area contributed by atoms with Crippen molar-refractivity contribution in [2.45, 2.75) is 52.0 Å². The molecule has 3 atom stereocenters. The summed E-state index contributed by atoms with van der Waals surface area (Å²) in [6, 6.07) is 0.0195. The predicted molar refractivity (Wildman–Crippen MR) is 73.5 cm³/mol. The topological polar surface area (TPSA) is 92.4 Å². The molecule has 0 heterocycles. The summed E-state index contributed by atoms with van der Waals surface area (Å²) in [5.74, 6) is -0.296. The van der Waals surface area contributed by atoms with Crippen molar-refractivity contribution in [1.29, 1.82) is 0 Å². The van der Waals surface area contributed by atoms with E-state index in [2.05, 4.69) is 19.2 Å². The monoisotopic (exact) mass is 270 g/mol. The molecule has 0 saturated heterocycles. The Kier molecular flexibility index (Phi) is 6.28. The van der Waals surface area contributed by atoms with Crippen molar-refractivity contribution < 1.29 is 14.7 Å². The largest absolute Gasteiger partial charge is 0.481 e. The van der Waals surface area contributed by atoms with Crippen molar-refractivity contribution in [2.75, 3.05) is 6.54 Å². The average Bonchev–Trinajstić information content (AvgIpc) is 2.75. The lowest BCUT2D eigenvalue weighted by Crippen LogP contribution is -2.35. The second-order valence-electron chi connectivity index (χ2n) is 6.05. The number of hydrogen-bond acceptors (Lipinski definition) is 3. The first-order valence-corrected chi connectivity index (χ1v) is 7.14. The molecular weight excluding hydrogens is 244 g/mol. The molecule has 4 N–H and O–H groups in total. The molecule has 5 heteroatoms. The summed E-state index contributed by atoms with van der Waals surface area (Å²) in [5, 5.41) is 11.9. The predicted octanol–water partition coefficient (Wildman–Crippen LogP) is 1.37. The van der Waals surface area contributed by atoms with Gasteiger partial charge >= 0.3 is 5.97 Å². The molecule has 19 heavy (non-hydrogen) atoms. The zero-order chi connectivity index (χ0) is 14.4. The van der Waals surface area contributed by atoms with Crippen LogP contribution in [0.2, 0.25) is 0 Å². The lowest BCUT2D eigenvalue weighted by atomic mass is 9.94. The van der Waals surface area contributed by atoms with E-state index in [1.54, 1.807) is 0 Å². The quantitative estimate of drug-likeness (QED) is 0.651. The molecule has 1 amide bonds. The minimum absolute atomic E-state index is 0.00661. The van der Waals surface area contributed by atoms with Gasteiger partial charge in [-0.25, -0.2) is 0 Å². The van der Waals surface area contributed by atoms with Gasteiger partial charge in [0.05, 0.1) is 5.92 Å². The van der Waals surface area contributed by atoms with Crippen molar-refractivity contribution in [1.82, 2.24) is 5.32 Å². The number of carboxylic acids is 1. The molecule has 0 radical (unpaired) electrons. The van der Waals surface area contributed by atoms with E-state index in [1.165, 1.54) is 0 Å². The fourth-order valence-corrected chi connectivity index (χ4v) is 2.82. The lowest BCUT2D eigenvalue weighted by Gasteiger charge is -2.18. The van der Waals surface area contributed by atoms with Crippen LogP contribution < -0.4 is 11.1 Å². The number of aliphatic carboxylic acids is 1. The molecule has 0 aromatic rings. The number of hydrogen-bond donors (Lipinski definition) is 3. The van der Waals surface area contributed by atoms with Gasteiger partial charge in [-0.05, 0) is 44.1 Å². The van der Waals surface area contributed by atoms with E-state index >= 15 is 0 Å². The second-order valence-corrected chi connectivity index (χ2v) is 6.05. The van der Waals surface area contributed by atoms with Gasteiger partial charge in [-0.2, -0.15) is 0 Å². The van der Waals surface area contributed by atoms with Gasteiger partial charge in [-0.3, -0.25) is 9.59 Å². The highest BCUT2D eigenvalue weighted by atomic mass is 16.4. The van der Waals surface area contributed by atoms with E-state index in [9.17, 15) is 9.59 Å². The number of carbonyl (C=O) groups excluding carboxylic acids is 1. The van der Waals surface area contributed by atoms with Crippen molar-refractivity contribution in [3.63, 3.8) is 0 Å². The molecule has 1 aliphatic carbocycles. The Labute approximate surface area is 114 Å². The molecule has 1 saturated carbocycles. The maximum Gasteiger partial charge on any atom is 0.306 e. The third-order valence-corrected chi connectivity index (χ3v) is 3.76. The van der Waals surface area contributed by atoms with Crippen molar-refractivity contribution >= 4 is 11.9 Å². The Morgan fingerprint density at radius 2 is 2.05 bits per heavy atom. The molecule has 1 rings (SSSR count). The van der Waals surface area contributed by atoms with Gasteiger partial charge in [-0.1, -0.05) is 13.8 Å². The summed E-state index contributed by atoms with van der Waals surface area (Å²) < 4.78 is 0. The van der Waals surface area contributed by atoms with E-state index in [0.717, 1.165) is 12.8 Å². The third kappa shape index (κ3) is 5.59. The van der Waals surface area contributed by atoms with Crippen LogP contribution in [0, 0.1) is 17.8 Å². The number of amides is 1. The summed E-state index contributed by atoms with van der Waals surface area (Å²) >= 11 is 0. The first-order valence-electron chi connectivity index (χ1n) is 7.14. The van der Waals surface area contributed by atoms with Crippen LogP contribution in [0.4, 0.5) is 0 Å². The molecular formula is C14H26N2O3. The average molecular weight is 270 g/mol. The molecule has 0 aromatic heterocycles. The summed E-state index contributed by atoms with van der Waals surface area (Å²) in [6.07, 6.45) is 3.38. The van der Waals surface area contributed by atoms with E-state index in [-0.39, 0.29) is 23.8 Å². The highest BCUT2D eigenvalue weighted by Gasteiger charge is 2.30. The Morgan fingerprint density at radius 1 is 1.37 bits per heavy atom. The fraction of sp³-hybridized carbons (Fsp3) is 0.857. The number of nitrogens with one attached hydrogen (secondary N) is 1. The van der Waals surface area contributed by atoms with Crippen LogP contribution in [0.5, 0.6) is 0 Å². The molecule has 0 aliphatic heterocycles.